The number of ether oxygens (including phenoxy) is 1. The molecule has 0 bridgehead atoms. The van der Waals surface area contributed by atoms with Crippen molar-refractivity contribution in [1.29, 1.82) is 0 Å². The maximum absolute atomic E-state index is 13.5. The van der Waals surface area contributed by atoms with Gasteiger partial charge in [0.1, 0.15) is 5.82 Å². The van der Waals surface area contributed by atoms with Crippen LogP contribution in [0, 0.1) is 5.82 Å². The number of fused-ring (bicyclic) bond motifs is 1. The number of halogens is 1. The molecule has 1 N–H and O–H groups in total. The molecule has 3 nitrogen and oxygen atoms in total. The fourth-order valence-electron chi connectivity index (χ4n) is 2.40. The lowest BCUT2D eigenvalue weighted by atomic mass is 10.1. The van der Waals surface area contributed by atoms with Crippen molar-refractivity contribution in [3.05, 3.63) is 35.1 Å². The van der Waals surface area contributed by atoms with Crippen LogP contribution in [-0.4, -0.2) is 19.1 Å². The molecule has 1 aromatic rings. The second-order valence-electron chi connectivity index (χ2n) is 4.41. The highest BCUT2D eigenvalue weighted by Gasteiger charge is 2.24. The molecule has 1 aromatic carbocycles. The lowest BCUT2D eigenvalue weighted by Crippen LogP contribution is -2.23. The van der Waals surface area contributed by atoms with Crippen molar-refractivity contribution in [2.45, 2.75) is 32.2 Å². The molecule has 0 amide bonds. The van der Waals surface area contributed by atoms with Crippen LogP contribution < -0.4 is 5.32 Å². The first kappa shape index (κ1) is 13.0. The lowest BCUT2D eigenvalue weighted by Gasteiger charge is -2.13. The van der Waals surface area contributed by atoms with Crippen molar-refractivity contribution >= 4 is 5.97 Å². The van der Waals surface area contributed by atoms with Gasteiger partial charge in [0.25, 0.3) is 0 Å². The number of nitrogens with one attached hydrogen (secondary N) is 1. The van der Waals surface area contributed by atoms with E-state index in [-0.39, 0.29) is 17.8 Å². The van der Waals surface area contributed by atoms with Crippen molar-refractivity contribution in [2.24, 2.45) is 0 Å². The van der Waals surface area contributed by atoms with E-state index in [1.807, 2.05) is 6.07 Å². The Morgan fingerprint density at radius 2 is 2.39 bits per heavy atom. The maximum atomic E-state index is 13.5. The van der Waals surface area contributed by atoms with E-state index in [0.29, 0.717) is 19.6 Å². The van der Waals surface area contributed by atoms with Crippen molar-refractivity contribution < 1.29 is 13.9 Å². The third kappa shape index (κ3) is 2.88. The highest BCUT2D eigenvalue weighted by molar-refractivity contribution is 5.69. The smallest absolute Gasteiger partial charge is 0.307 e. The van der Waals surface area contributed by atoms with Gasteiger partial charge in [-0.25, -0.2) is 4.39 Å². The summed E-state index contributed by atoms with van der Waals surface area (Å²) >= 11 is 0. The molecule has 2 rings (SSSR count). The topological polar surface area (TPSA) is 38.3 Å². The zero-order valence-electron chi connectivity index (χ0n) is 10.5. The summed E-state index contributed by atoms with van der Waals surface area (Å²) in [5.74, 6) is -0.315. The van der Waals surface area contributed by atoms with Crippen LogP contribution in [0.25, 0.3) is 0 Å². The summed E-state index contributed by atoms with van der Waals surface area (Å²) in [5.41, 5.74) is 1.84. The largest absolute Gasteiger partial charge is 0.466 e. The van der Waals surface area contributed by atoms with Crippen LogP contribution in [0.3, 0.4) is 0 Å². The molecule has 1 unspecified atom stereocenters. The Kier molecular flexibility index (Phi) is 4.31. The molecule has 0 aromatic heterocycles. The first-order valence-corrected chi connectivity index (χ1v) is 6.38. The van der Waals surface area contributed by atoms with E-state index in [1.165, 1.54) is 6.07 Å². The summed E-state index contributed by atoms with van der Waals surface area (Å²) in [6.07, 6.45) is 2.01. The van der Waals surface area contributed by atoms with Gasteiger partial charge in [-0.15, -0.1) is 0 Å². The highest BCUT2D eigenvalue weighted by Crippen LogP contribution is 2.32. The van der Waals surface area contributed by atoms with Crippen molar-refractivity contribution in [2.75, 3.05) is 13.2 Å². The molecule has 0 spiro atoms. The predicted octanol–water partition coefficient (Wildman–Crippen LogP) is 2.36. The Hall–Kier alpha value is -1.42. The van der Waals surface area contributed by atoms with E-state index in [0.717, 1.165) is 24.0 Å². The third-order valence-electron chi connectivity index (χ3n) is 3.24. The number of benzene rings is 1. The summed E-state index contributed by atoms with van der Waals surface area (Å²) in [6, 6.07) is 5.34. The van der Waals surface area contributed by atoms with E-state index in [4.69, 9.17) is 4.74 Å². The van der Waals surface area contributed by atoms with Gasteiger partial charge in [0, 0.05) is 12.6 Å². The predicted molar refractivity (Wildman–Crippen MR) is 66.7 cm³/mol. The monoisotopic (exact) mass is 251 g/mol. The highest BCUT2D eigenvalue weighted by atomic mass is 19.1. The van der Waals surface area contributed by atoms with Crippen LogP contribution in [0.5, 0.6) is 0 Å². The molecular weight excluding hydrogens is 233 g/mol. The Labute approximate surface area is 106 Å². The van der Waals surface area contributed by atoms with E-state index < -0.39 is 0 Å². The molecule has 0 radical (unpaired) electrons. The van der Waals surface area contributed by atoms with Gasteiger partial charge in [0.05, 0.1) is 13.0 Å². The second-order valence-corrected chi connectivity index (χ2v) is 4.41. The van der Waals surface area contributed by atoms with Crippen LogP contribution in [-0.2, 0) is 16.0 Å². The molecule has 1 atom stereocenters. The fraction of sp³-hybridized carbons (Fsp3) is 0.500. The van der Waals surface area contributed by atoms with E-state index in [9.17, 15) is 9.18 Å². The molecule has 1 aliphatic rings. The molecule has 98 valence electrons. The minimum atomic E-state index is -0.192. The Balaban J connectivity index is 1.87. The Morgan fingerprint density at radius 3 is 3.17 bits per heavy atom. The van der Waals surface area contributed by atoms with Crippen LogP contribution in [0.1, 0.15) is 36.9 Å². The Bertz CT molecular complexity index is 434. The number of rotatable bonds is 5. The third-order valence-corrected chi connectivity index (χ3v) is 3.24. The Morgan fingerprint density at radius 1 is 1.56 bits per heavy atom. The molecule has 18 heavy (non-hydrogen) atoms. The molecule has 4 heteroatoms. The van der Waals surface area contributed by atoms with Crippen LogP contribution in [0.2, 0.25) is 0 Å². The van der Waals surface area contributed by atoms with E-state index in [1.54, 1.807) is 13.0 Å². The second kappa shape index (κ2) is 5.96. The van der Waals surface area contributed by atoms with Crippen LogP contribution >= 0.6 is 0 Å². The molecule has 0 aliphatic heterocycles. The summed E-state index contributed by atoms with van der Waals surface area (Å²) in [6.45, 7) is 2.77. The van der Waals surface area contributed by atoms with Crippen molar-refractivity contribution in [3.63, 3.8) is 0 Å². The normalized spacial score (nSPS) is 17.6. The molecule has 0 saturated carbocycles. The van der Waals surface area contributed by atoms with Gasteiger partial charge in [-0.2, -0.15) is 0 Å². The van der Waals surface area contributed by atoms with Gasteiger partial charge in [-0.3, -0.25) is 4.79 Å². The quantitative estimate of drug-likeness (QED) is 0.816. The number of hydrogen-bond donors (Lipinski definition) is 1. The zero-order valence-corrected chi connectivity index (χ0v) is 10.5. The number of esters is 1. The summed E-state index contributed by atoms with van der Waals surface area (Å²) in [7, 11) is 0. The maximum Gasteiger partial charge on any atom is 0.307 e. The minimum absolute atomic E-state index is 0.123. The van der Waals surface area contributed by atoms with Crippen LogP contribution in [0.4, 0.5) is 4.39 Å². The molecule has 0 heterocycles. The van der Waals surface area contributed by atoms with E-state index >= 15 is 0 Å². The van der Waals surface area contributed by atoms with Crippen molar-refractivity contribution in [1.82, 2.24) is 5.32 Å². The average Bonchev–Trinajstić information content (AvgIpc) is 2.75. The standard InChI is InChI=1S/C14H18FNO2/c1-2-18-14(17)8-9-16-13-7-6-10-11(13)4-3-5-12(10)15/h3-5,13,16H,2,6-9H2,1H3. The average molecular weight is 251 g/mol. The minimum Gasteiger partial charge on any atom is -0.466 e. The van der Waals surface area contributed by atoms with Gasteiger partial charge in [-0.05, 0) is 37.0 Å². The summed E-state index contributed by atoms with van der Waals surface area (Å²) in [4.78, 5) is 11.2. The fourth-order valence-corrected chi connectivity index (χ4v) is 2.40. The first-order valence-electron chi connectivity index (χ1n) is 6.38. The van der Waals surface area contributed by atoms with Gasteiger partial charge >= 0.3 is 5.97 Å². The van der Waals surface area contributed by atoms with Gasteiger partial charge < -0.3 is 10.1 Å². The molecular formula is C14H18FNO2. The summed E-state index contributed by atoms with van der Waals surface area (Å²) in [5, 5.41) is 3.29. The van der Waals surface area contributed by atoms with Crippen LogP contribution in [0.15, 0.2) is 18.2 Å². The van der Waals surface area contributed by atoms with E-state index in [2.05, 4.69) is 5.32 Å². The van der Waals surface area contributed by atoms with Gasteiger partial charge in [-0.1, -0.05) is 12.1 Å². The SMILES string of the molecule is CCOC(=O)CCNC1CCc2c(F)cccc21. The lowest BCUT2D eigenvalue weighted by molar-refractivity contribution is -0.143. The number of carbonyl (C=O) groups excluding carboxylic acids is 1. The zero-order chi connectivity index (χ0) is 13.0. The summed E-state index contributed by atoms with van der Waals surface area (Å²) < 4.78 is 18.4. The van der Waals surface area contributed by atoms with Crippen molar-refractivity contribution in [3.8, 4) is 0 Å². The first-order chi connectivity index (χ1) is 8.72. The molecule has 0 fully saturated rings. The number of carbonyl (C=O) groups is 1. The molecule has 0 saturated heterocycles. The molecule has 1 aliphatic carbocycles. The number of hydrogen-bond acceptors (Lipinski definition) is 3. The van der Waals surface area contributed by atoms with Gasteiger partial charge in [0.15, 0.2) is 0 Å². The van der Waals surface area contributed by atoms with Gasteiger partial charge in [0.2, 0.25) is 0 Å².